The van der Waals surface area contributed by atoms with E-state index in [1.807, 2.05) is 0 Å². The van der Waals surface area contributed by atoms with E-state index in [-0.39, 0.29) is 38.0 Å². The Bertz CT molecular complexity index is 1490. The first-order valence-corrected chi connectivity index (χ1v) is 13.8. The van der Waals surface area contributed by atoms with E-state index in [9.17, 15) is 35.9 Å². The fourth-order valence-corrected chi connectivity index (χ4v) is 4.56. The molecule has 1 aliphatic rings. The highest BCUT2D eigenvalue weighted by molar-refractivity contribution is 5.76. The molecule has 0 unspecified atom stereocenters. The smallest absolute Gasteiger partial charge is 0.423 e. The lowest BCUT2D eigenvalue weighted by Gasteiger charge is -2.34. The summed E-state index contributed by atoms with van der Waals surface area (Å²) in [6.45, 7) is 2.60. The Balaban J connectivity index is 1.24. The van der Waals surface area contributed by atoms with E-state index in [1.54, 1.807) is 41.0 Å². The molecule has 0 spiro atoms. The number of methoxy groups -OCH3 is 1. The highest BCUT2D eigenvalue weighted by Gasteiger charge is 2.38. The number of halogens is 6. The molecule has 17 heteroatoms. The van der Waals surface area contributed by atoms with Crippen molar-refractivity contribution in [3.63, 3.8) is 0 Å². The number of ether oxygens (including phenoxy) is 2. The minimum absolute atomic E-state index is 0.000910. The lowest BCUT2D eigenvalue weighted by molar-refractivity contribution is -0.139. The molecule has 1 saturated heterocycles. The van der Waals surface area contributed by atoms with Crippen LogP contribution in [-0.4, -0.2) is 83.1 Å². The van der Waals surface area contributed by atoms with Gasteiger partial charge in [0, 0.05) is 44.6 Å². The van der Waals surface area contributed by atoms with Crippen LogP contribution in [0.15, 0.2) is 47.7 Å². The van der Waals surface area contributed by atoms with Crippen LogP contribution in [0.1, 0.15) is 30.0 Å². The van der Waals surface area contributed by atoms with Crippen molar-refractivity contribution in [2.75, 3.05) is 56.7 Å². The molecule has 0 saturated carbocycles. The van der Waals surface area contributed by atoms with Gasteiger partial charge in [-0.3, -0.25) is 9.59 Å². The number of nitrogens with zero attached hydrogens (tertiary/aromatic N) is 6. The zero-order valence-electron chi connectivity index (χ0n) is 24.4. The third-order valence-corrected chi connectivity index (χ3v) is 6.93. The van der Waals surface area contributed by atoms with Gasteiger partial charge in [-0.05, 0) is 24.6 Å². The third-order valence-electron chi connectivity index (χ3n) is 6.93. The summed E-state index contributed by atoms with van der Waals surface area (Å²) < 4.78 is 91.2. The van der Waals surface area contributed by atoms with Gasteiger partial charge < -0.3 is 24.6 Å². The van der Waals surface area contributed by atoms with Crippen LogP contribution in [0.25, 0.3) is 0 Å². The minimum atomic E-state index is -4.94. The van der Waals surface area contributed by atoms with Crippen LogP contribution >= 0.6 is 0 Å². The van der Waals surface area contributed by atoms with Crippen molar-refractivity contribution in [1.82, 2.24) is 24.6 Å². The number of benzene rings is 1. The fourth-order valence-electron chi connectivity index (χ4n) is 4.56. The average Bonchev–Trinajstić information content (AvgIpc) is 3.00. The molecule has 11 nitrogen and oxygen atoms in total. The molecule has 1 atom stereocenters. The molecule has 3 aromatic rings. The van der Waals surface area contributed by atoms with Crippen molar-refractivity contribution in [2.24, 2.45) is 0 Å². The normalized spacial score (nSPS) is 14.8. The number of aromatic nitrogens is 4. The van der Waals surface area contributed by atoms with Gasteiger partial charge in [-0.1, -0.05) is 12.1 Å². The first-order chi connectivity index (χ1) is 21.3. The number of hydrogen-bond acceptors (Lipinski definition) is 9. The first-order valence-electron chi connectivity index (χ1n) is 13.8. The number of rotatable bonds is 11. The van der Waals surface area contributed by atoms with Gasteiger partial charge in [0.15, 0.2) is 0 Å². The molecular weight excluding hydrogens is 612 g/mol. The summed E-state index contributed by atoms with van der Waals surface area (Å²) in [6.07, 6.45) is -7.09. The van der Waals surface area contributed by atoms with Gasteiger partial charge in [-0.15, -0.1) is 0 Å². The lowest BCUT2D eigenvalue weighted by atomic mass is 10.2. The Labute approximate surface area is 253 Å². The number of carbonyl (C=O) groups excluding carboxylic acids is 1. The van der Waals surface area contributed by atoms with Gasteiger partial charge in [0.25, 0.3) is 5.56 Å². The molecule has 4 rings (SSSR count). The van der Waals surface area contributed by atoms with Crippen molar-refractivity contribution in [2.45, 2.75) is 38.3 Å². The lowest BCUT2D eigenvalue weighted by Crippen LogP contribution is -2.49. The summed E-state index contributed by atoms with van der Waals surface area (Å²) in [7, 11) is 1.48. The Morgan fingerprint density at radius 1 is 0.978 bits per heavy atom. The predicted octanol–water partition coefficient (Wildman–Crippen LogP) is 3.68. The summed E-state index contributed by atoms with van der Waals surface area (Å²) in [5.74, 6) is 0.481. The van der Waals surface area contributed by atoms with Crippen LogP contribution in [0.4, 0.5) is 38.0 Å². The largest absolute Gasteiger partial charge is 0.497 e. The molecule has 0 radical (unpaired) electrons. The van der Waals surface area contributed by atoms with Gasteiger partial charge in [-0.2, -0.15) is 31.4 Å². The molecule has 45 heavy (non-hydrogen) atoms. The van der Waals surface area contributed by atoms with Crippen LogP contribution in [0.3, 0.4) is 0 Å². The third kappa shape index (κ3) is 8.83. The highest BCUT2D eigenvalue weighted by atomic mass is 19.4. The summed E-state index contributed by atoms with van der Waals surface area (Å²) >= 11 is 0. The van der Waals surface area contributed by atoms with Gasteiger partial charge in [0.1, 0.15) is 11.3 Å². The van der Waals surface area contributed by atoms with E-state index in [0.29, 0.717) is 49.9 Å². The van der Waals surface area contributed by atoms with E-state index in [0.717, 1.165) is 10.9 Å². The number of nitrogens with one attached hydrogen (secondary N) is 1. The standard InChI is InChI=1S/C28H31F6N7O4/c1-18(38-22-15-37-41(25(43)24(22)28(32,33)34)16-19-3-5-21(44-2)6-4-19)17-45-12-7-23(42)39-8-10-40(11-9-39)26-35-13-20(14-36-26)27(29,30)31/h3-6,13-15,18,38H,7-12,16-17H2,1-2H3/t18-/m0/s1. The zero-order chi connectivity index (χ0) is 32.8. The van der Waals surface area contributed by atoms with Crippen molar-refractivity contribution in [3.05, 3.63) is 69.9 Å². The SMILES string of the molecule is COc1ccc(Cn2ncc(N[C@@H](C)COCCC(=O)N3CCN(c4ncc(C(F)(F)F)cn4)CC3)c(C(F)(F)F)c2=O)cc1. The molecule has 2 aromatic heterocycles. The zero-order valence-corrected chi connectivity index (χ0v) is 24.4. The van der Waals surface area contributed by atoms with Crippen molar-refractivity contribution < 1.29 is 40.6 Å². The molecule has 0 bridgehead atoms. The van der Waals surface area contributed by atoms with E-state index < -0.39 is 40.8 Å². The van der Waals surface area contributed by atoms with E-state index in [1.165, 1.54) is 7.11 Å². The van der Waals surface area contributed by atoms with E-state index in [4.69, 9.17) is 9.47 Å². The second-order valence-electron chi connectivity index (χ2n) is 10.2. The molecule has 1 fully saturated rings. The number of anilines is 2. The van der Waals surface area contributed by atoms with Crippen LogP contribution in [0.2, 0.25) is 0 Å². The van der Waals surface area contributed by atoms with Crippen LogP contribution < -0.4 is 20.5 Å². The quantitative estimate of drug-likeness (QED) is 0.247. The molecule has 0 aliphatic carbocycles. The summed E-state index contributed by atoms with van der Waals surface area (Å²) in [4.78, 5) is 36.2. The van der Waals surface area contributed by atoms with E-state index >= 15 is 0 Å². The fraction of sp³-hybridized carbons (Fsp3) is 0.464. The molecular formula is C28H31F6N7O4. The van der Waals surface area contributed by atoms with Gasteiger partial charge in [-0.25, -0.2) is 14.6 Å². The molecule has 1 aromatic carbocycles. The number of hydrogen-bond donors (Lipinski definition) is 1. The molecule has 1 N–H and O–H groups in total. The Morgan fingerprint density at radius 3 is 2.20 bits per heavy atom. The topological polar surface area (TPSA) is 115 Å². The second kappa shape index (κ2) is 14.1. The van der Waals surface area contributed by atoms with Gasteiger partial charge >= 0.3 is 12.4 Å². The minimum Gasteiger partial charge on any atom is -0.497 e. The van der Waals surface area contributed by atoms with Crippen LogP contribution in [-0.2, 0) is 28.4 Å². The monoisotopic (exact) mass is 643 g/mol. The molecule has 3 heterocycles. The summed E-state index contributed by atoms with van der Waals surface area (Å²) in [6, 6.07) is 5.83. The van der Waals surface area contributed by atoms with Crippen LogP contribution in [0, 0.1) is 0 Å². The maximum atomic E-state index is 13.9. The molecule has 1 aliphatic heterocycles. The van der Waals surface area contributed by atoms with Crippen molar-refractivity contribution in [1.29, 1.82) is 0 Å². The van der Waals surface area contributed by atoms with E-state index in [2.05, 4.69) is 20.4 Å². The number of amides is 1. The average molecular weight is 644 g/mol. The number of carbonyl (C=O) groups is 1. The predicted molar refractivity (Wildman–Crippen MR) is 150 cm³/mol. The highest BCUT2D eigenvalue weighted by Crippen LogP contribution is 2.32. The Hall–Kier alpha value is -4.41. The van der Waals surface area contributed by atoms with Crippen molar-refractivity contribution in [3.8, 4) is 5.75 Å². The number of alkyl halides is 6. The first kappa shape index (κ1) is 33.5. The Kier molecular flexibility index (Phi) is 10.5. The van der Waals surface area contributed by atoms with Crippen LogP contribution in [0.5, 0.6) is 5.75 Å². The van der Waals surface area contributed by atoms with Crippen molar-refractivity contribution >= 4 is 17.5 Å². The summed E-state index contributed by atoms with van der Waals surface area (Å²) in [5.41, 5.74) is -3.55. The maximum absolute atomic E-state index is 13.9. The van der Waals surface area contributed by atoms with Gasteiger partial charge in [0.2, 0.25) is 11.9 Å². The van der Waals surface area contributed by atoms with Gasteiger partial charge in [0.05, 0.1) is 50.7 Å². The molecule has 1 amide bonds. The maximum Gasteiger partial charge on any atom is 0.423 e. The second-order valence-corrected chi connectivity index (χ2v) is 10.2. The summed E-state index contributed by atoms with van der Waals surface area (Å²) in [5, 5.41) is 6.55. The number of piperazine rings is 1. The Morgan fingerprint density at radius 2 is 1.62 bits per heavy atom. The molecule has 244 valence electrons.